The Hall–Kier alpha value is -2.17. The Morgan fingerprint density at radius 2 is 1.69 bits per heavy atom. The Morgan fingerprint density at radius 3 is 2.14 bits per heavy atom. The fraction of sp³-hybridized carbons (Fsp3) is 0.611. The van der Waals surface area contributed by atoms with Gasteiger partial charge in [0.2, 0.25) is 9.84 Å². The Balaban J connectivity index is 0.000000447. The summed E-state index contributed by atoms with van der Waals surface area (Å²) in [6.45, 7) is 6.96. The van der Waals surface area contributed by atoms with Gasteiger partial charge in [-0.1, -0.05) is 0 Å². The quantitative estimate of drug-likeness (QED) is 0.657. The standard InChI is InChI=1S/C16H21NO4.C2H3F3O2S/c1-10-8-13(19)17(9-14(20)21-16(2,3)4)11-6-5-7-12(18)15(10)11;1-8(6,7)2(3,4)5/h8H,5-7,9H2,1-4H3;1H3. The summed E-state index contributed by atoms with van der Waals surface area (Å²) in [5.41, 5.74) is -3.98. The number of aromatic nitrogens is 1. The van der Waals surface area contributed by atoms with Crippen molar-refractivity contribution in [1.82, 2.24) is 4.57 Å². The molecule has 0 N–H and O–H groups in total. The van der Waals surface area contributed by atoms with E-state index in [0.717, 1.165) is 0 Å². The van der Waals surface area contributed by atoms with Gasteiger partial charge in [-0.2, -0.15) is 13.2 Å². The number of Topliss-reactive ketones (excluding diaryl/α,β-unsaturated/α-hetero) is 1. The second-order valence-corrected chi connectivity index (χ2v) is 9.66. The van der Waals surface area contributed by atoms with Gasteiger partial charge in [-0.05, 0) is 46.1 Å². The van der Waals surface area contributed by atoms with E-state index in [0.29, 0.717) is 36.1 Å². The topological polar surface area (TPSA) is 99.5 Å². The maximum absolute atomic E-state index is 12.2. The molecule has 0 bridgehead atoms. The minimum atomic E-state index is -5.09. The summed E-state index contributed by atoms with van der Waals surface area (Å²) in [4.78, 5) is 36.2. The smallest absolute Gasteiger partial charge is 0.459 e. The molecule has 164 valence electrons. The number of carbonyl (C=O) groups is 2. The molecule has 7 nitrogen and oxygen atoms in total. The number of fused-ring (bicyclic) bond motifs is 1. The lowest BCUT2D eigenvalue weighted by atomic mass is 9.91. The van der Waals surface area contributed by atoms with Crippen LogP contribution in [0.1, 0.15) is 55.2 Å². The lowest BCUT2D eigenvalue weighted by Gasteiger charge is -2.23. The van der Waals surface area contributed by atoms with Crippen LogP contribution in [0.15, 0.2) is 10.9 Å². The van der Waals surface area contributed by atoms with Crippen molar-refractivity contribution in [1.29, 1.82) is 0 Å². The Bertz CT molecular complexity index is 956. The van der Waals surface area contributed by atoms with Crippen molar-refractivity contribution in [2.45, 2.75) is 64.6 Å². The molecule has 0 amide bonds. The van der Waals surface area contributed by atoms with Crippen LogP contribution in [0, 0.1) is 6.92 Å². The summed E-state index contributed by atoms with van der Waals surface area (Å²) in [6.07, 6.45) is 1.97. The van der Waals surface area contributed by atoms with E-state index in [1.807, 2.05) is 0 Å². The first-order chi connectivity index (χ1) is 12.9. The molecule has 0 unspecified atom stereocenters. The number of halogens is 3. The molecule has 2 rings (SSSR count). The normalized spacial score (nSPS) is 14.6. The van der Waals surface area contributed by atoms with Crippen molar-refractivity contribution in [3.63, 3.8) is 0 Å². The zero-order valence-electron chi connectivity index (χ0n) is 16.8. The van der Waals surface area contributed by atoms with Crippen molar-refractivity contribution in [3.05, 3.63) is 33.2 Å². The molecular weight excluding hydrogens is 415 g/mol. The number of aryl methyl sites for hydroxylation is 1. The van der Waals surface area contributed by atoms with E-state index in [9.17, 15) is 36.0 Å². The van der Waals surface area contributed by atoms with Crippen LogP contribution in [-0.4, -0.2) is 42.1 Å². The van der Waals surface area contributed by atoms with Crippen LogP contribution in [0.25, 0.3) is 0 Å². The second kappa shape index (κ2) is 8.68. The Kier molecular flexibility index (Phi) is 7.44. The molecule has 1 aromatic rings. The third kappa shape index (κ3) is 6.98. The van der Waals surface area contributed by atoms with Gasteiger partial charge in [0.25, 0.3) is 5.56 Å². The monoisotopic (exact) mass is 439 g/mol. The SMILES string of the molecule is CS(=O)(=O)C(F)(F)F.Cc1cc(=O)n(CC(=O)OC(C)(C)C)c2c1C(=O)CCC2. The molecule has 29 heavy (non-hydrogen) atoms. The van der Waals surface area contributed by atoms with E-state index in [-0.39, 0.29) is 24.1 Å². The highest BCUT2D eigenvalue weighted by Crippen LogP contribution is 2.23. The number of hydrogen-bond acceptors (Lipinski definition) is 6. The second-order valence-electron chi connectivity index (χ2n) is 7.65. The molecule has 0 atom stereocenters. The van der Waals surface area contributed by atoms with E-state index in [4.69, 9.17) is 4.74 Å². The number of ether oxygens (including phenoxy) is 1. The number of rotatable bonds is 2. The molecule has 0 saturated heterocycles. The summed E-state index contributed by atoms with van der Waals surface area (Å²) in [5.74, 6) is -0.416. The van der Waals surface area contributed by atoms with Crippen molar-refractivity contribution < 1.29 is 35.9 Å². The molecule has 0 radical (unpaired) electrons. The molecule has 0 aromatic carbocycles. The number of hydrogen-bond donors (Lipinski definition) is 0. The van der Waals surface area contributed by atoms with Gasteiger partial charge >= 0.3 is 11.5 Å². The molecule has 0 fully saturated rings. The van der Waals surface area contributed by atoms with Crippen molar-refractivity contribution in [3.8, 4) is 0 Å². The van der Waals surface area contributed by atoms with E-state index >= 15 is 0 Å². The molecule has 0 saturated carbocycles. The van der Waals surface area contributed by atoms with Crippen LogP contribution >= 0.6 is 0 Å². The highest BCUT2D eigenvalue weighted by atomic mass is 32.2. The molecule has 11 heteroatoms. The molecule has 1 heterocycles. The predicted molar refractivity (Wildman–Crippen MR) is 99.5 cm³/mol. The van der Waals surface area contributed by atoms with Crippen molar-refractivity contribution >= 4 is 21.6 Å². The third-order valence-corrected chi connectivity index (χ3v) is 4.68. The van der Waals surface area contributed by atoms with Crippen LogP contribution in [0.5, 0.6) is 0 Å². The summed E-state index contributed by atoms with van der Waals surface area (Å²) in [5, 5.41) is 0. The van der Waals surface area contributed by atoms with Crippen LogP contribution in [-0.2, 0) is 32.3 Å². The van der Waals surface area contributed by atoms with Gasteiger partial charge < -0.3 is 9.30 Å². The van der Waals surface area contributed by atoms with Crippen LogP contribution in [0.3, 0.4) is 0 Å². The van der Waals surface area contributed by atoms with E-state index in [1.165, 1.54) is 10.6 Å². The van der Waals surface area contributed by atoms with Gasteiger partial charge in [0.15, 0.2) is 5.78 Å². The summed E-state index contributed by atoms with van der Waals surface area (Å²) in [7, 11) is -4.84. The minimum absolute atomic E-state index is 0.0479. The number of esters is 1. The predicted octanol–water partition coefficient (Wildman–Crippen LogP) is 2.57. The Morgan fingerprint density at radius 1 is 1.17 bits per heavy atom. The van der Waals surface area contributed by atoms with Crippen LogP contribution in [0.4, 0.5) is 13.2 Å². The van der Waals surface area contributed by atoms with Gasteiger partial charge in [-0.3, -0.25) is 14.4 Å². The lowest BCUT2D eigenvalue weighted by Crippen LogP contribution is -2.34. The maximum Gasteiger partial charge on any atom is 0.497 e. The number of carbonyl (C=O) groups excluding carboxylic acids is 2. The zero-order valence-corrected chi connectivity index (χ0v) is 17.7. The van der Waals surface area contributed by atoms with Crippen LogP contribution < -0.4 is 5.56 Å². The van der Waals surface area contributed by atoms with E-state index in [1.54, 1.807) is 27.7 Å². The number of sulfone groups is 1. The molecule has 1 aliphatic rings. The maximum atomic E-state index is 12.2. The lowest BCUT2D eigenvalue weighted by molar-refractivity contribution is -0.155. The minimum Gasteiger partial charge on any atom is -0.459 e. The molecule has 0 spiro atoms. The average molecular weight is 439 g/mol. The number of ketones is 1. The fourth-order valence-corrected chi connectivity index (χ4v) is 2.69. The zero-order chi connectivity index (χ0) is 22.8. The summed E-state index contributed by atoms with van der Waals surface area (Å²) < 4.78 is 58.6. The third-order valence-electron chi connectivity index (χ3n) is 3.84. The number of pyridine rings is 1. The molecular formula is C18H24F3NO6S. The summed E-state index contributed by atoms with van der Waals surface area (Å²) in [6, 6.07) is 1.42. The highest BCUT2D eigenvalue weighted by molar-refractivity contribution is 7.91. The van der Waals surface area contributed by atoms with Crippen LogP contribution in [0.2, 0.25) is 0 Å². The van der Waals surface area contributed by atoms with Gasteiger partial charge in [0, 0.05) is 30.0 Å². The van der Waals surface area contributed by atoms with Gasteiger partial charge in [0.05, 0.1) is 0 Å². The fourth-order valence-electron chi connectivity index (χ4n) is 2.69. The largest absolute Gasteiger partial charge is 0.497 e. The van der Waals surface area contributed by atoms with Gasteiger partial charge in [0.1, 0.15) is 12.1 Å². The van der Waals surface area contributed by atoms with E-state index in [2.05, 4.69) is 0 Å². The first kappa shape index (κ1) is 24.9. The molecule has 1 aromatic heterocycles. The van der Waals surface area contributed by atoms with Gasteiger partial charge in [-0.25, -0.2) is 8.42 Å². The van der Waals surface area contributed by atoms with Crippen molar-refractivity contribution in [2.75, 3.05) is 6.26 Å². The first-order valence-corrected chi connectivity index (χ1v) is 10.6. The van der Waals surface area contributed by atoms with E-state index < -0.39 is 26.9 Å². The Labute approximate surface area is 166 Å². The molecule has 1 aliphatic carbocycles. The van der Waals surface area contributed by atoms with Gasteiger partial charge in [-0.15, -0.1) is 0 Å². The number of alkyl halides is 3. The van der Waals surface area contributed by atoms with Crippen molar-refractivity contribution in [2.24, 2.45) is 0 Å². The molecule has 0 aliphatic heterocycles. The number of nitrogens with zero attached hydrogens (tertiary/aromatic N) is 1. The first-order valence-electron chi connectivity index (χ1n) is 8.68. The summed E-state index contributed by atoms with van der Waals surface area (Å²) >= 11 is 0. The average Bonchev–Trinajstić information content (AvgIpc) is 2.48. The highest BCUT2D eigenvalue weighted by Gasteiger charge is 2.41.